The highest BCUT2D eigenvalue weighted by Crippen LogP contribution is 1.63. The summed E-state index contributed by atoms with van der Waals surface area (Å²) in [7, 11) is 0. The Morgan fingerprint density at radius 2 is 2.20 bits per heavy atom. The van der Waals surface area contributed by atoms with Gasteiger partial charge in [-0.15, -0.1) is 0 Å². The lowest BCUT2D eigenvalue weighted by atomic mass is 11.3. The average Bonchev–Trinajstić information content (AvgIpc) is 1.38. The third kappa shape index (κ3) is 4.42. The van der Waals surface area contributed by atoms with Gasteiger partial charge in [-0.1, -0.05) is 0 Å². The van der Waals surface area contributed by atoms with Gasteiger partial charge in [0.25, 0.3) is 0 Å². The molecule has 0 saturated carbocycles. The van der Waals surface area contributed by atoms with Gasteiger partial charge in [0.1, 0.15) is 0 Å². The van der Waals surface area contributed by atoms with Crippen molar-refractivity contribution in [2.45, 2.75) is 0 Å². The van der Waals surface area contributed by atoms with Crippen LogP contribution in [0.2, 0.25) is 0 Å². The number of nitrogens with two attached hydrogens (primary N) is 1. The van der Waals surface area contributed by atoms with Crippen molar-refractivity contribution >= 4 is 40.2 Å². The highest BCUT2D eigenvalue weighted by Gasteiger charge is 1.68. The lowest BCUT2D eigenvalue weighted by Crippen LogP contribution is -2.18. The number of hydrogen-bond donors (Lipinski definition) is 2. The lowest BCUT2D eigenvalue weighted by molar-refractivity contribution is 1.57. The molecular formula is CH3IN2S. The Bertz CT molecular complexity index is 44.9. The molecule has 0 saturated heterocycles. The third-order valence-corrected chi connectivity index (χ3v) is 1.14. The summed E-state index contributed by atoms with van der Waals surface area (Å²) < 4.78 is 2.51. The molecule has 0 fully saturated rings. The number of halogens is 1. The van der Waals surface area contributed by atoms with Gasteiger partial charge in [0.2, 0.25) is 0 Å². The molecule has 0 aromatic heterocycles. The standard InChI is InChI=1S/CH3IN2S/c2-4-1(3)5/h(H3,3,4,5). The van der Waals surface area contributed by atoms with Crippen molar-refractivity contribution in [3.05, 3.63) is 0 Å². The van der Waals surface area contributed by atoms with Gasteiger partial charge in [-0.25, -0.2) is 0 Å². The highest BCUT2D eigenvalue weighted by atomic mass is 127. The molecule has 0 aliphatic rings. The molecule has 0 unspecified atom stereocenters. The Hall–Kier alpha value is 0.420. The molecule has 2 nitrogen and oxygen atoms in total. The molecule has 0 aromatic rings. The molecule has 0 rings (SSSR count). The third-order valence-electron chi connectivity index (χ3n) is 0.0931. The van der Waals surface area contributed by atoms with E-state index in [1.54, 1.807) is 0 Å². The first-order valence-electron chi connectivity index (χ1n) is 0.932. The summed E-state index contributed by atoms with van der Waals surface area (Å²) in [5.74, 6) is 0. The molecule has 0 amide bonds. The topological polar surface area (TPSA) is 38.0 Å². The van der Waals surface area contributed by atoms with E-state index in [0.717, 1.165) is 0 Å². The van der Waals surface area contributed by atoms with Crippen molar-refractivity contribution in [2.75, 3.05) is 0 Å². The molecule has 0 aromatic carbocycles. The molecule has 0 spiro atoms. The van der Waals surface area contributed by atoms with Crippen molar-refractivity contribution < 1.29 is 0 Å². The van der Waals surface area contributed by atoms with Crippen LogP contribution in [0.5, 0.6) is 0 Å². The van der Waals surface area contributed by atoms with E-state index < -0.39 is 0 Å². The van der Waals surface area contributed by atoms with Gasteiger partial charge in [0.15, 0.2) is 5.11 Å². The second-order valence-electron chi connectivity index (χ2n) is 0.459. The Morgan fingerprint density at radius 1 is 2.00 bits per heavy atom. The quantitative estimate of drug-likeness (QED) is 0.334. The maximum atomic E-state index is 4.90. The smallest absolute Gasteiger partial charge is 0.172 e. The fourth-order valence-electron chi connectivity index (χ4n) is 0. The summed E-state index contributed by atoms with van der Waals surface area (Å²) >= 11 is 6.22. The predicted molar refractivity (Wildman–Crippen MR) is 33.9 cm³/mol. The van der Waals surface area contributed by atoms with Crippen molar-refractivity contribution in [2.24, 2.45) is 5.73 Å². The molecule has 30 valence electrons. The van der Waals surface area contributed by atoms with Crippen molar-refractivity contribution in [3.63, 3.8) is 0 Å². The molecule has 0 bridgehead atoms. The summed E-state index contributed by atoms with van der Waals surface area (Å²) in [4.78, 5) is 0. The second-order valence-corrected chi connectivity index (χ2v) is 1.44. The van der Waals surface area contributed by atoms with E-state index in [0.29, 0.717) is 5.11 Å². The molecule has 4 heteroatoms. The Kier molecular flexibility index (Phi) is 2.87. The summed E-state index contributed by atoms with van der Waals surface area (Å²) in [6.07, 6.45) is 0. The van der Waals surface area contributed by atoms with Gasteiger partial charge in [-0.05, 0) is 12.2 Å². The minimum atomic E-state index is 0.325. The highest BCUT2D eigenvalue weighted by molar-refractivity contribution is 14.1. The van der Waals surface area contributed by atoms with Crippen LogP contribution in [0.3, 0.4) is 0 Å². The van der Waals surface area contributed by atoms with E-state index in [2.05, 4.69) is 15.7 Å². The molecular weight excluding hydrogens is 199 g/mol. The van der Waals surface area contributed by atoms with Gasteiger partial charge >= 0.3 is 0 Å². The predicted octanol–water partition coefficient (Wildman–Crippen LogP) is 0.170. The molecule has 3 N–H and O–H groups in total. The number of nitrogens with one attached hydrogen (secondary N) is 1. The van der Waals surface area contributed by atoms with Crippen molar-refractivity contribution in [1.29, 1.82) is 0 Å². The first kappa shape index (κ1) is 5.42. The molecule has 0 aliphatic carbocycles. The van der Waals surface area contributed by atoms with Gasteiger partial charge in [0.05, 0.1) is 22.9 Å². The fourth-order valence-corrected chi connectivity index (χ4v) is 0. The van der Waals surface area contributed by atoms with E-state index in [1.165, 1.54) is 0 Å². The number of rotatable bonds is 0. The molecule has 0 heterocycles. The minimum Gasteiger partial charge on any atom is -0.376 e. The fraction of sp³-hybridized carbons (Fsp3) is 0. The molecule has 0 radical (unpaired) electrons. The number of hydrogen-bond acceptors (Lipinski definition) is 1. The zero-order chi connectivity index (χ0) is 4.28. The van der Waals surface area contributed by atoms with Crippen LogP contribution in [-0.2, 0) is 0 Å². The summed E-state index contributed by atoms with van der Waals surface area (Å²) in [6.45, 7) is 0. The molecule has 5 heavy (non-hydrogen) atoms. The SMILES string of the molecule is NC(=S)NI. The molecule has 0 atom stereocenters. The van der Waals surface area contributed by atoms with Crippen LogP contribution in [0.25, 0.3) is 0 Å². The van der Waals surface area contributed by atoms with Gasteiger partial charge in [0, 0.05) is 0 Å². The van der Waals surface area contributed by atoms with Crippen LogP contribution >= 0.6 is 35.1 Å². The first-order chi connectivity index (χ1) is 2.27. The van der Waals surface area contributed by atoms with Crippen LogP contribution in [0.15, 0.2) is 0 Å². The first-order valence-corrected chi connectivity index (χ1v) is 2.42. The van der Waals surface area contributed by atoms with E-state index >= 15 is 0 Å². The van der Waals surface area contributed by atoms with E-state index in [-0.39, 0.29) is 0 Å². The van der Waals surface area contributed by atoms with Crippen LogP contribution < -0.4 is 9.26 Å². The zero-order valence-electron chi connectivity index (χ0n) is 2.36. The van der Waals surface area contributed by atoms with Crippen LogP contribution in [0, 0.1) is 0 Å². The monoisotopic (exact) mass is 202 g/mol. The normalized spacial score (nSPS) is 6.60. The maximum absolute atomic E-state index is 4.90. The largest absolute Gasteiger partial charge is 0.376 e. The van der Waals surface area contributed by atoms with Gasteiger partial charge < -0.3 is 9.26 Å². The number of thiocarbonyl (C=S) groups is 1. The summed E-state index contributed by atoms with van der Waals surface area (Å²) in [6, 6.07) is 0. The van der Waals surface area contributed by atoms with E-state index in [4.69, 9.17) is 5.73 Å². The van der Waals surface area contributed by atoms with Gasteiger partial charge in [-0.3, -0.25) is 0 Å². The molecule has 0 aliphatic heterocycles. The van der Waals surface area contributed by atoms with E-state index in [9.17, 15) is 0 Å². The van der Waals surface area contributed by atoms with Crippen molar-refractivity contribution in [3.8, 4) is 0 Å². The van der Waals surface area contributed by atoms with Gasteiger partial charge in [-0.2, -0.15) is 0 Å². The second kappa shape index (κ2) is 2.65. The van der Waals surface area contributed by atoms with E-state index in [1.807, 2.05) is 22.9 Å². The van der Waals surface area contributed by atoms with Crippen LogP contribution in [0.4, 0.5) is 0 Å². The zero-order valence-corrected chi connectivity index (χ0v) is 5.34. The Balaban J connectivity index is 2.85. The Labute approximate surface area is 49.6 Å². The van der Waals surface area contributed by atoms with Crippen LogP contribution in [-0.4, -0.2) is 5.11 Å². The van der Waals surface area contributed by atoms with Crippen molar-refractivity contribution in [1.82, 2.24) is 3.53 Å². The average molecular weight is 202 g/mol. The summed E-state index contributed by atoms with van der Waals surface area (Å²) in [5.41, 5.74) is 4.90. The summed E-state index contributed by atoms with van der Waals surface area (Å²) in [5, 5.41) is 0.325. The maximum Gasteiger partial charge on any atom is 0.172 e. The minimum absolute atomic E-state index is 0.325. The Morgan fingerprint density at radius 3 is 2.20 bits per heavy atom. The lowest BCUT2D eigenvalue weighted by Gasteiger charge is -1.82. The van der Waals surface area contributed by atoms with Crippen LogP contribution in [0.1, 0.15) is 0 Å².